The highest BCUT2D eigenvalue weighted by Gasteiger charge is 2.23. The maximum atomic E-state index is 12.5. The quantitative estimate of drug-likeness (QED) is 0.851. The first-order chi connectivity index (χ1) is 11.4. The van der Waals surface area contributed by atoms with Crippen LogP contribution in [0.5, 0.6) is 11.6 Å². The molecule has 1 N–H and O–H groups in total. The van der Waals surface area contributed by atoms with Crippen LogP contribution in [-0.4, -0.2) is 22.1 Å². The first kappa shape index (κ1) is 17.3. The number of aromatic hydroxyl groups is 1. The lowest BCUT2D eigenvalue weighted by atomic mass is 10.0. The molecule has 0 atom stereocenters. The van der Waals surface area contributed by atoms with Crippen LogP contribution in [-0.2, 0) is 6.54 Å². The highest BCUT2D eigenvalue weighted by Crippen LogP contribution is 2.22. The fraction of sp³-hybridized carbons (Fsp3) is 0.278. The molecule has 0 radical (unpaired) electrons. The SMILES string of the molecule is CCn1c(O)c(C(=O)COc2ccc(C)cc2)c(C)c(C#N)c1=O. The molecule has 0 fully saturated rings. The largest absolute Gasteiger partial charge is 0.494 e. The summed E-state index contributed by atoms with van der Waals surface area (Å²) in [4.78, 5) is 24.6. The van der Waals surface area contributed by atoms with Crippen LogP contribution in [0.2, 0.25) is 0 Å². The number of aromatic nitrogens is 1. The lowest BCUT2D eigenvalue weighted by molar-refractivity contribution is 0.0916. The van der Waals surface area contributed by atoms with Crippen molar-refractivity contribution in [3.8, 4) is 17.7 Å². The lowest BCUT2D eigenvalue weighted by Gasteiger charge is -2.14. The average Bonchev–Trinajstić information content (AvgIpc) is 2.55. The van der Waals surface area contributed by atoms with Crippen molar-refractivity contribution in [1.29, 1.82) is 5.26 Å². The number of pyridine rings is 1. The monoisotopic (exact) mass is 326 g/mol. The van der Waals surface area contributed by atoms with E-state index in [1.807, 2.05) is 19.1 Å². The van der Waals surface area contributed by atoms with E-state index in [4.69, 9.17) is 10.00 Å². The summed E-state index contributed by atoms with van der Waals surface area (Å²) in [6, 6.07) is 8.99. The topological polar surface area (TPSA) is 92.3 Å². The second-order valence-corrected chi connectivity index (χ2v) is 5.38. The van der Waals surface area contributed by atoms with E-state index in [0.29, 0.717) is 5.75 Å². The summed E-state index contributed by atoms with van der Waals surface area (Å²) in [5.41, 5.74) is 0.428. The van der Waals surface area contributed by atoms with Crippen LogP contribution in [0.15, 0.2) is 29.1 Å². The minimum atomic E-state index is -0.606. The van der Waals surface area contributed by atoms with Crippen molar-refractivity contribution < 1.29 is 14.6 Å². The average molecular weight is 326 g/mol. The van der Waals surface area contributed by atoms with E-state index in [1.54, 1.807) is 25.1 Å². The Morgan fingerprint density at radius 2 is 1.92 bits per heavy atom. The number of ether oxygens (including phenoxy) is 1. The Balaban J connectivity index is 2.37. The number of carbonyl (C=O) groups is 1. The maximum Gasteiger partial charge on any atom is 0.271 e. The molecule has 24 heavy (non-hydrogen) atoms. The van der Waals surface area contributed by atoms with Gasteiger partial charge in [0, 0.05) is 6.54 Å². The fourth-order valence-corrected chi connectivity index (χ4v) is 2.43. The zero-order chi connectivity index (χ0) is 17.9. The van der Waals surface area contributed by atoms with Crippen molar-refractivity contribution in [3.05, 3.63) is 56.9 Å². The van der Waals surface area contributed by atoms with Crippen LogP contribution in [0.25, 0.3) is 0 Å². The van der Waals surface area contributed by atoms with Gasteiger partial charge in [-0.05, 0) is 38.5 Å². The number of hydrogen-bond acceptors (Lipinski definition) is 5. The van der Waals surface area contributed by atoms with Crippen LogP contribution in [0.1, 0.15) is 34.0 Å². The molecule has 6 heteroatoms. The van der Waals surface area contributed by atoms with E-state index in [-0.39, 0.29) is 29.8 Å². The molecule has 0 bridgehead atoms. The molecular formula is C18H18N2O4. The summed E-state index contributed by atoms with van der Waals surface area (Å²) in [7, 11) is 0. The van der Waals surface area contributed by atoms with E-state index >= 15 is 0 Å². The molecular weight excluding hydrogens is 308 g/mol. The first-order valence-electron chi connectivity index (χ1n) is 7.49. The molecule has 1 aromatic carbocycles. The molecule has 0 aliphatic heterocycles. The zero-order valence-electron chi connectivity index (χ0n) is 13.8. The fourth-order valence-electron chi connectivity index (χ4n) is 2.43. The molecule has 0 aliphatic rings. The Bertz CT molecular complexity index is 874. The van der Waals surface area contributed by atoms with Gasteiger partial charge in [0.15, 0.2) is 6.61 Å². The molecule has 6 nitrogen and oxygen atoms in total. The van der Waals surface area contributed by atoms with Gasteiger partial charge >= 0.3 is 0 Å². The number of nitriles is 1. The molecule has 1 heterocycles. The molecule has 0 spiro atoms. The molecule has 2 rings (SSSR count). The second kappa shape index (κ2) is 7.01. The van der Waals surface area contributed by atoms with Crippen molar-refractivity contribution >= 4 is 5.78 Å². The predicted molar refractivity (Wildman–Crippen MR) is 88.5 cm³/mol. The zero-order valence-corrected chi connectivity index (χ0v) is 13.8. The standard InChI is InChI=1S/C18H18N2O4/c1-4-20-17(22)14(9-19)12(3)16(18(20)23)15(21)10-24-13-7-5-11(2)6-8-13/h5-8,23H,4,10H2,1-3H3. The highest BCUT2D eigenvalue weighted by molar-refractivity contribution is 6.01. The number of benzene rings is 1. The van der Waals surface area contributed by atoms with Crippen molar-refractivity contribution in [3.63, 3.8) is 0 Å². The van der Waals surface area contributed by atoms with Gasteiger partial charge in [0.2, 0.25) is 11.7 Å². The number of aryl methyl sites for hydroxylation is 1. The molecule has 0 amide bonds. The summed E-state index contributed by atoms with van der Waals surface area (Å²) in [5, 5.41) is 19.4. The van der Waals surface area contributed by atoms with E-state index in [2.05, 4.69) is 0 Å². The Morgan fingerprint density at radius 3 is 2.46 bits per heavy atom. The Morgan fingerprint density at radius 1 is 1.29 bits per heavy atom. The molecule has 0 unspecified atom stereocenters. The molecule has 0 saturated heterocycles. The minimum absolute atomic E-state index is 0.0555. The van der Waals surface area contributed by atoms with Gasteiger partial charge in [-0.1, -0.05) is 17.7 Å². The van der Waals surface area contributed by atoms with Crippen LogP contribution < -0.4 is 10.3 Å². The predicted octanol–water partition coefficient (Wildman–Crippen LogP) is 2.32. The molecule has 0 aliphatic carbocycles. The maximum absolute atomic E-state index is 12.5. The van der Waals surface area contributed by atoms with E-state index in [0.717, 1.165) is 10.1 Å². The number of ketones is 1. The van der Waals surface area contributed by atoms with Crippen molar-refractivity contribution in [1.82, 2.24) is 4.57 Å². The molecule has 124 valence electrons. The van der Waals surface area contributed by atoms with Gasteiger partial charge in [-0.25, -0.2) is 0 Å². The lowest BCUT2D eigenvalue weighted by Crippen LogP contribution is -2.27. The van der Waals surface area contributed by atoms with Crippen molar-refractivity contribution in [2.24, 2.45) is 0 Å². The second-order valence-electron chi connectivity index (χ2n) is 5.38. The van der Waals surface area contributed by atoms with Crippen LogP contribution in [0.3, 0.4) is 0 Å². The third-order valence-electron chi connectivity index (χ3n) is 3.79. The van der Waals surface area contributed by atoms with Gasteiger partial charge in [-0.2, -0.15) is 5.26 Å². The number of hydrogen-bond donors (Lipinski definition) is 1. The summed E-state index contributed by atoms with van der Waals surface area (Å²) >= 11 is 0. The highest BCUT2D eigenvalue weighted by atomic mass is 16.5. The third-order valence-corrected chi connectivity index (χ3v) is 3.79. The van der Waals surface area contributed by atoms with Crippen LogP contribution in [0, 0.1) is 25.2 Å². The van der Waals surface area contributed by atoms with Crippen LogP contribution >= 0.6 is 0 Å². The summed E-state index contributed by atoms with van der Waals surface area (Å²) in [5.74, 6) is -0.406. The van der Waals surface area contributed by atoms with Gasteiger partial charge in [0.05, 0.1) is 5.56 Å². The molecule has 1 aromatic heterocycles. The third kappa shape index (κ3) is 3.15. The van der Waals surface area contributed by atoms with E-state index in [9.17, 15) is 14.7 Å². The smallest absolute Gasteiger partial charge is 0.271 e. The van der Waals surface area contributed by atoms with Gasteiger partial charge < -0.3 is 9.84 Å². The first-order valence-corrected chi connectivity index (χ1v) is 7.49. The van der Waals surface area contributed by atoms with E-state index < -0.39 is 17.2 Å². The summed E-state index contributed by atoms with van der Waals surface area (Å²) < 4.78 is 6.44. The number of nitrogens with zero attached hydrogens (tertiary/aromatic N) is 2. The van der Waals surface area contributed by atoms with Crippen LogP contribution in [0.4, 0.5) is 0 Å². The van der Waals surface area contributed by atoms with Gasteiger partial charge in [0.25, 0.3) is 5.56 Å². The van der Waals surface area contributed by atoms with Gasteiger partial charge in [0.1, 0.15) is 17.4 Å². The Labute approximate surface area is 139 Å². The number of rotatable bonds is 5. The van der Waals surface area contributed by atoms with Gasteiger partial charge in [-0.3, -0.25) is 14.2 Å². The summed E-state index contributed by atoms with van der Waals surface area (Å²) in [6.45, 7) is 4.91. The molecule has 2 aromatic rings. The normalized spacial score (nSPS) is 10.2. The van der Waals surface area contributed by atoms with Gasteiger partial charge in [-0.15, -0.1) is 0 Å². The Hall–Kier alpha value is -3.07. The van der Waals surface area contributed by atoms with Crippen molar-refractivity contribution in [2.75, 3.05) is 6.61 Å². The summed E-state index contributed by atoms with van der Waals surface area (Å²) in [6.07, 6.45) is 0. The minimum Gasteiger partial charge on any atom is -0.494 e. The van der Waals surface area contributed by atoms with E-state index in [1.165, 1.54) is 6.92 Å². The molecule has 0 saturated carbocycles. The Kier molecular flexibility index (Phi) is 5.05. The number of carbonyl (C=O) groups excluding carboxylic acids is 1. The van der Waals surface area contributed by atoms with Crippen molar-refractivity contribution in [2.45, 2.75) is 27.3 Å². The number of Topliss-reactive ketones (excluding diaryl/α,β-unsaturated/α-hetero) is 1.